The Kier molecular flexibility index (Phi) is 6.73. The zero-order chi connectivity index (χ0) is 10.1. The molecule has 0 amide bonds. The third-order valence-electron chi connectivity index (χ3n) is 1.31. The van der Waals surface area contributed by atoms with Gasteiger partial charge in [0.15, 0.2) is 6.29 Å². The molecule has 1 aromatic heterocycles. The summed E-state index contributed by atoms with van der Waals surface area (Å²) in [6, 6.07) is 5.45. The van der Waals surface area contributed by atoms with Crippen molar-refractivity contribution in [1.29, 1.82) is 0 Å². The molecule has 3 nitrogen and oxygen atoms in total. The van der Waals surface area contributed by atoms with Crippen LogP contribution in [0.3, 0.4) is 0 Å². The van der Waals surface area contributed by atoms with Gasteiger partial charge >= 0.3 is 0 Å². The first-order valence-corrected chi connectivity index (χ1v) is 4.09. The molecule has 0 unspecified atom stereocenters. The molecule has 0 saturated carbocycles. The van der Waals surface area contributed by atoms with Gasteiger partial charge in [0.05, 0.1) is 0 Å². The molecule has 3 heteroatoms. The predicted octanol–water partition coefficient (Wildman–Crippen LogP) is 1.72. The summed E-state index contributed by atoms with van der Waals surface area (Å²) in [5.74, 6) is 0. The van der Waals surface area contributed by atoms with Crippen LogP contribution in [0.1, 0.15) is 23.1 Å². The minimum atomic E-state index is 0.513. The minimum Gasteiger partial charge on any atom is -0.388 e. The van der Waals surface area contributed by atoms with Gasteiger partial charge < -0.3 is 4.74 Å². The average molecular weight is 181 g/mol. The van der Waals surface area contributed by atoms with Crippen molar-refractivity contribution in [2.45, 2.75) is 13.3 Å². The summed E-state index contributed by atoms with van der Waals surface area (Å²) < 4.78 is 4.25. The number of rotatable bonds is 2. The molecule has 0 spiro atoms. The molecule has 0 bridgehead atoms. The lowest BCUT2D eigenvalue weighted by atomic mass is 10.3. The summed E-state index contributed by atoms with van der Waals surface area (Å²) in [5, 5.41) is 0. The van der Waals surface area contributed by atoms with Crippen molar-refractivity contribution in [3.8, 4) is 0 Å². The highest BCUT2D eigenvalue weighted by atomic mass is 16.4. The van der Waals surface area contributed by atoms with Gasteiger partial charge in [0.2, 0.25) is 0 Å². The van der Waals surface area contributed by atoms with Crippen molar-refractivity contribution in [2.75, 3.05) is 14.2 Å². The van der Waals surface area contributed by atoms with E-state index in [-0.39, 0.29) is 0 Å². The Balaban J connectivity index is 0.000000424. The van der Waals surface area contributed by atoms with E-state index in [4.69, 9.17) is 0 Å². The number of aromatic nitrogens is 1. The van der Waals surface area contributed by atoms with Gasteiger partial charge in [-0.3, -0.25) is 9.78 Å². The van der Waals surface area contributed by atoms with Crippen molar-refractivity contribution in [2.24, 2.45) is 0 Å². The summed E-state index contributed by atoms with van der Waals surface area (Å²) in [4.78, 5) is 14.3. The number of hydrogen-bond acceptors (Lipinski definition) is 3. The second kappa shape index (κ2) is 7.43. The quantitative estimate of drug-likeness (QED) is 0.652. The number of carbonyl (C=O) groups is 1. The summed E-state index contributed by atoms with van der Waals surface area (Å²) in [7, 11) is 3.25. The maximum atomic E-state index is 10.2. The molecule has 1 aromatic rings. The molecule has 1 rings (SSSR count). The van der Waals surface area contributed by atoms with Gasteiger partial charge in [0, 0.05) is 19.9 Å². The Morgan fingerprint density at radius 1 is 1.46 bits per heavy atom. The summed E-state index contributed by atoms with van der Waals surface area (Å²) in [6.45, 7) is 2.01. The Hall–Kier alpha value is -1.22. The molecule has 0 aliphatic rings. The maximum Gasteiger partial charge on any atom is 0.168 e. The number of aldehydes is 1. The predicted molar refractivity (Wildman–Crippen MR) is 51.9 cm³/mol. The number of nitrogens with zero attached hydrogens (tertiary/aromatic N) is 1. The standard InChI is InChI=1S/C8H9NO.C2H6O/c1-2-7-4-3-5-8(6-10)9-7;1-3-2/h3-6H,2H2,1H3;1-2H3. The third-order valence-corrected chi connectivity index (χ3v) is 1.31. The Morgan fingerprint density at radius 2 is 2.08 bits per heavy atom. The lowest BCUT2D eigenvalue weighted by Crippen LogP contribution is -1.90. The molecule has 0 aliphatic heterocycles. The molecule has 0 radical (unpaired) electrons. The molecule has 0 aliphatic carbocycles. The van der Waals surface area contributed by atoms with Crippen LogP contribution in [0, 0.1) is 0 Å². The zero-order valence-corrected chi connectivity index (χ0v) is 8.28. The fourth-order valence-corrected chi connectivity index (χ4v) is 0.761. The number of methoxy groups -OCH3 is 1. The molecule has 13 heavy (non-hydrogen) atoms. The first-order valence-electron chi connectivity index (χ1n) is 4.09. The van der Waals surface area contributed by atoms with Crippen LogP contribution >= 0.6 is 0 Å². The van der Waals surface area contributed by atoms with E-state index in [0.29, 0.717) is 5.69 Å². The van der Waals surface area contributed by atoms with Crippen molar-refractivity contribution in [3.05, 3.63) is 29.6 Å². The van der Waals surface area contributed by atoms with Crippen LogP contribution in [0.4, 0.5) is 0 Å². The van der Waals surface area contributed by atoms with E-state index in [9.17, 15) is 4.79 Å². The highest BCUT2D eigenvalue weighted by Crippen LogP contribution is 1.96. The highest BCUT2D eigenvalue weighted by Gasteiger charge is 1.91. The lowest BCUT2D eigenvalue weighted by Gasteiger charge is -1.93. The first kappa shape index (κ1) is 11.8. The highest BCUT2D eigenvalue weighted by molar-refractivity contribution is 5.71. The van der Waals surface area contributed by atoms with Crippen molar-refractivity contribution >= 4 is 6.29 Å². The van der Waals surface area contributed by atoms with Gasteiger partial charge in [-0.15, -0.1) is 0 Å². The largest absolute Gasteiger partial charge is 0.388 e. The van der Waals surface area contributed by atoms with Crippen LogP contribution in [-0.4, -0.2) is 25.5 Å². The Morgan fingerprint density at radius 3 is 2.54 bits per heavy atom. The lowest BCUT2D eigenvalue weighted by molar-refractivity contribution is 0.111. The van der Waals surface area contributed by atoms with E-state index in [0.717, 1.165) is 18.4 Å². The van der Waals surface area contributed by atoms with E-state index >= 15 is 0 Å². The number of hydrogen-bond donors (Lipinski definition) is 0. The zero-order valence-electron chi connectivity index (χ0n) is 8.28. The summed E-state index contributed by atoms with van der Waals surface area (Å²) in [6.07, 6.45) is 1.64. The van der Waals surface area contributed by atoms with Crippen molar-refractivity contribution < 1.29 is 9.53 Å². The van der Waals surface area contributed by atoms with Gasteiger partial charge in [0.1, 0.15) is 5.69 Å². The fraction of sp³-hybridized carbons (Fsp3) is 0.400. The maximum absolute atomic E-state index is 10.2. The molecule has 72 valence electrons. The second-order valence-electron chi connectivity index (χ2n) is 2.43. The second-order valence-corrected chi connectivity index (χ2v) is 2.43. The number of carbonyl (C=O) groups excluding carboxylic acids is 1. The average Bonchev–Trinajstić information content (AvgIpc) is 2.19. The number of ether oxygens (including phenoxy) is 1. The van der Waals surface area contributed by atoms with Gasteiger partial charge in [-0.05, 0) is 18.6 Å². The third kappa shape index (κ3) is 5.09. The molecule has 0 aromatic carbocycles. The molecule has 0 fully saturated rings. The molecular formula is C10H15NO2. The Labute approximate surface area is 78.8 Å². The van der Waals surface area contributed by atoms with Crippen molar-refractivity contribution in [3.63, 3.8) is 0 Å². The van der Waals surface area contributed by atoms with Crippen LogP contribution in [0.5, 0.6) is 0 Å². The van der Waals surface area contributed by atoms with Gasteiger partial charge in [-0.2, -0.15) is 0 Å². The van der Waals surface area contributed by atoms with E-state index in [1.807, 2.05) is 19.1 Å². The Bertz CT molecular complexity index is 248. The van der Waals surface area contributed by atoms with Crippen LogP contribution in [0.15, 0.2) is 18.2 Å². The van der Waals surface area contributed by atoms with Crippen LogP contribution in [-0.2, 0) is 11.2 Å². The minimum absolute atomic E-state index is 0.513. The first-order chi connectivity index (χ1) is 6.28. The van der Waals surface area contributed by atoms with Crippen LogP contribution in [0.25, 0.3) is 0 Å². The van der Waals surface area contributed by atoms with Crippen LogP contribution in [0.2, 0.25) is 0 Å². The van der Waals surface area contributed by atoms with Gasteiger partial charge in [-0.1, -0.05) is 13.0 Å². The molecule has 0 N–H and O–H groups in total. The van der Waals surface area contributed by atoms with Crippen molar-refractivity contribution in [1.82, 2.24) is 4.98 Å². The molecule has 0 saturated heterocycles. The van der Waals surface area contributed by atoms with Gasteiger partial charge in [-0.25, -0.2) is 0 Å². The van der Waals surface area contributed by atoms with Gasteiger partial charge in [0.25, 0.3) is 0 Å². The molecule has 0 atom stereocenters. The van der Waals surface area contributed by atoms with E-state index in [2.05, 4.69) is 9.72 Å². The van der Waals surface area contributed by atoms with E-state index < -0.39 is 0 Å². The monoisotopic (exact) mass is 181 g/mol. The summed E-state index contributed by atoms with van der Waals surface area (Å²) in [5.41, 5.74) is 1.48. The SMILES string of the molecule is CCc1cccc(C=O)n1.COC. The fourth-order valence-electron chi connectivity index (χ4n) is 0.761. The van der Waals surface area contributed by atoms with E-state index in [1.165, 1.54) is 0 Å². The summed E-state index contributed by atoms with van der Waals surface area (Å²) >= 11 is 0. The smallest absolute Gasteiger partial charge is 0.168 e. The van der Waals surface area contributed by atoms with E-state index in [1.54, 1.807) is 20.3 Å². The van der Waals surface area contributed by atoms with Crippen LogP contribution < -0.4 is 0 Å². The number of pyridine rings is 1. The topological polar surface area (TPSA) is 39.2 Å². The molecular weight excluding hydrogens is 166 g/mol. The number of aryl methyl sites for hydroxylation is 1. The molecule has 1 heterocycles. The normalized spacial score (nSPS) is 8.54.